The van der Waals surface area contributed by atoms with Crippen LogP contribution >= 0.6 is 0 Å². The fraction of sp³-hybridized carbons (Fsp3) is 0.750. The maximum Gasteiger partial charge on any atom is 0.490 e. The molecule has 11 heteroatoms. The van der Waals surface area contributed by atoms with Crippen LogP contribution in [-0.4, -0.2) is 62.4 Å². The van der Waals surface area contributed by atoms with Crippen molar-refractivity contribution in [3.05, 3.63) is 0 Å². The van der Waals surface area contributed by atoms with Crippen molar-refractivity contribution >= 4 is 17.9 Å². The van der Waals surface area contributed by atoms with Crippen molar-refractivity contribution in [1.29, 1.82) is 0 Å². The van der Waals surface area contributed by atoms with Gasteiger partial charge in [-0.25, -0.2) is 4.79 Å². The van der Waals surface area contributed by atoms with Crippen molar-refractivity contribution < 1.29 is 51.2 Å². The van der Waals surface area contributed by atoms with E-state index >= 15 is 0 Å². The van der Waals surface area contributed by atoms with E-state index < -0.39 is 55.3 Å². The summed E-state index contributed by atoms with van der Waals surface area (Å²) in [6.07, 6.45) is -11.2. The van der Waals surface area contributed by atoms with E-state index in [-0.39, 0.29) is 0 Å². The standard InChI is InChI=1S/C12H15F3O8/c1-5(16)21-7-4-20-10(19-3)9(22-6(2)17)8(7)23-11(18)12(13,14)15/h7-10H,4H2,1-3H3. The predicted molar refractivity (Wildman–Crippen MR) is 63.8 cm³/mol. The van der Waals surface area contributed by atoms with Gasteiger partial charge in [-0.05, 0) is 0 Å². The summed E-state index contributed by atoms with van der Waals surface area (Å²) >= 11 is 0. The van der Waals surface area contributed by atoms with E-state index in [1.165, 1.54) is 0 Å². The number of ether oxygens (including phenoxy) is 5. The smallest absolute Gasteiger partial charge is 0.456 e. The molecule has 0 aromatic rings. The molecular formula is C12H15F3O8. The van der Waals surface area contributed by atoms with E-state index in [1.54, 1.807) is 0 Å². The van der Waals surface area contributed by atoms with Crippen LogP contribution < -0.4 is 0 Å². The Hall–Kier alpha value is -1.88. The second kappa shape index (κ2) is 7.59. The van der Waals surface area contributed by atoms with Crippen molar-refractivity contribution in [2.75, 3.05) is 13.7 Å². The molecule has 0 radical (unpaired) electrons. The third kappa shape index (κ3) is 5.36. The first-order valence-electron chi connectivity index (χ1n) is 6.33. The van der Waals surface area contributed by atoms with Crippen LogP contribution in [0.4, 0.5) is 13.2 Å². The van der Waals surface area contributed by atoms with Crippen LogP contribution in [0.15, 0.2) is 0 Å². The number of carbonyl (C=O) groups is 3. The quantitative estimate of drug-likeness (QED) is 0.532. The molecule has 0 N–H and O–H groups in total. The van der Waals surface area contributed by atoms with Crippen LogP contribution in [0.25, 0.3) is 0 Å². The highest BCUT2D eigenvalue weighted by molar-refractivity contribution is 5.76. The summed E-state index contributed by atoms with van der Waals surface area (Å²) in [4.78, 5) is 33.2. The summed E-state index contributed by atoms with van der Waals surface area (Å²) in [6, 6.07) is 0. The van der Waals surface area contributed by atoms with Gasteiger partial charge in [0.25, 0.3) is 0 Å². The number of hydrogen-bond donors (Lipinski definition) is 0. The molecule has 0 saturated carbocycles. The van der Waals surface area contributed by atoms with Gasteiger partial charge in [0.15, 0.2) is 24.6 Å². The Kier molecular flexibility index (Phi) is 6.33. The van der Waals surface area contributed by atoms with Crippen LogP contribution in [0.3, 0.4) is 0 Å². The zero-order chi connectivity index (χ0) is 17.8. The van der Waals surface area contributed by atoms with Crippen LogP contribution in [0.2, 0.25) is 0 Å². The first-order chi connectivity index (χ1) is 10.6. The number of esters is 3. The highest BCUT2D eigenvalue weighted by Crippen LogP contribution is 2.27. The molecule has 4 unspecified atom stereocenters. The number of carbonyl (C=O) groups excluding carboxylic acids is 3. The first kappa shape index (κ1) is 19.2. The van der Waals surface area contributed by atoms with Gasteiger partial charge in [0.1, 0.15) is 0 Å². The van der Waals surface area contributed by atoms with Crippen LogP contribution in [0, 0.1) is 0 Å². The van der Waals surface area contributed by atoms with E-state index in [2.05, 4.69) is 4.74 Å². The summed E-state index contributed by atoms with van der Waals surface area (Å²) in [7, 11) is 1.15. The summed E-state index contributed by atoms with van der Waals surface area (Å²) in [5, 5.41) is 0. The summed E-state index contributed by atoms with van der Waals surface area (Å²) in [6.45, 7) is 1.59. The molecule has 0 bridgehead atoms. The third-order valence-electron chi connectivity index (χ3n) is 2.71. The lowest BCUT2D eigenvalue weighted by atomic mass is 10.0. The largest absolute Gasteiger partial charge is 0.490 e. The Morgan fingerprint density at radius 2 is 1.57 bits per heavy atom. The van der Waals surface area contributed by atoms with E-state index in [0.29, 0.717) is 0 Å². The second-order valence-corrected chi connectivity index (χ2v) is 4.53. The van der Waals surface area contributed by atoms with E-state index in [1.807, 2.05) is 0 Å². The van der Waals surface area contributed by atoms with Gasteiger partial charge in [0, 0.05) is 21.0 Å². The highest BCUT2D eigenvalue weighted by atomic mass is 19.4. The van der Waals surface area contributed by atoms with E-state index in [0.717, 1.165) is 21.0 Å². The molecule has 0 aromatic carbocycles. The molecule has 0 amide bonds. The molecule has 1 heterocycles. The second-order valence-electron chi connectivity index (χ2n) is 4.53. The molecule has 23 heavy (non-hydrogen) atoms. The Bertz CT molecular complexity index is 464. The van der Waals surface area contributed by atoms with Gasteiger partial charge in [-0.1, -0.05) is 0 Å². The van der Waals surface area contributed by atoms with Gasteiger partial charge in [-0.2, -0.15) is 13.2 Å². The zero-order valence-corrected chi connectivity index (χ0v) is 12.4. The summed E-state index contributed by atoms with van der Waals surface area (Å²) in [5.41, 5.74) is 0. The minimum atomic E-state index is -5.28. The number of methoxy groups -OCH3 is 1. The topological polar surface area (TPSA) is 97.4 Å². The lowest BCUT2D eigenvalue weighted by molar-refractivity contribution is -0.282. The maximum absolute atomic E-state index is 12.4. The molecule has 1 aliphatic heterocycles. The van der Waals surface area contributed by atoms with Crippen molar-refractivity contribution in [2.45, 2.75) is 44.6 Å². The van der Waals surface area contributed by atoms with Gasteiger partial charge < -0.3 is 23.7 Å². The van der Waals surface area contributed by atoms with Crippen LogP contribution in [0.5, 0.6) is 0 Å². The maximum atomic E-state index is 12.4. The Morgan fingerprint density at radius 3 is 2.00 bits per heavy atom. The molecule has 1 saturated heterocycles. The van der Waals surface area contributed by atoms with Gasteiger partial charge in [-0.3, -0.25) is 9.59 Å². The van der Waals surface area contributed by atoms with Crippen molar-refractivity contribution in [3.63, 3.8) is 0 Å². The van der Waals surface area contributed by atoms with E-state index in [4.69, 9.17) is 18.9 Å². The predicted octanol–water partition coefficient (Wildman–Crippen LogP) is 0.327. The Balaban J connectivity index is 3.06. The average molecular weight is 344 g/mol. The summed E-state index contributed by atoms with van der Waals surface area (Å²) in [5.74, 6) is -4.24. The number of rotatable bonds is 4. The van der Waals surface area contributed by atoms with Gasteiger partial charge in [0.05, 0.1) is 6.61 Å². The van der Waals surface area contributed by atoms with Crippen molar-refractivity contribution in [3.8, 4) is 0 Å². The molecule has 1 rings (SSSR count). The molecule has 1 fully saturated rings. The molecule has 132 valence electrons. The number of hydrogen-bond acceptors (Lipinski definition) is 8. The number of halogens is 3. The highest BCUT2D eigenvalue weighted by Gasteiger charge is 2.51. The summed E-state index contributed by atoms with van der Waals surface area (Å²) < 4.78 is 61.1. The number of alkyl halides is 3. The van der Waals surface area contributed by atoms with Crippen molar-refractivity contribution in [1.82, 2.24) is 0 Å². The van der Waals surface area contributed by atoms with Crippen LogP contribution in [0.1, 0.15) is 13.8 Å². The fourth-order valence-electron chi connectivity index (χ4n) is 1.91. The molecule has 0 aliphatic carbocycles. The van der Waals surface area contributed by atoms with Crippen molar-refractivity contribution in [2.24, 2.45) is 0 Å². The Labute approximate surface area is 128 Å². The monoisotopic (exact) mass is 344 g/mol. The molecule has 0 spiro atoms. The van der Waals surface area contributed by atoms with Crippen LogP contribution in [-0.2, 0) is 38.1 Å². The first-order valence-corrected chi connectivity index (χ1v) is 6.33. The van der Waals surface area contributed by atoms with Gasteiger partial charge in [0.2, 0.25) is 0 Å². The molecule has 8 nitrogen and oxygen atoms in total. The van der Waals surface area contributed by atoms with Gasteiger partial charge in [-0.15, -0.1) is 0 Å². The molecular weight excluding hydrogens is 329 g/mol. The molecule has 4 atom stereocenters. The zero-order valence-electron chi connectivity index (χ0n) is 12.4. The normalized spacial score (nSPS) is 27.9. The third-order valence-corrected chi connectivity index (χ3v) is 2.71. The minimum absolute atomic E-state index is 0.411. The lowest BCUT2D eigenvalue weighted by Gasteiger charge is -2.39. The molecule has 1 aliphatic rings. The van der Waals surface area contributed by atoms with Gasteiger partial charge >= 0.3 is 24.1 Å². The average Bonchev–Trinajstić information content (AvgIpc) is 2.40. The molecule has 0 aromatic heterocycles. The SMILES string of the molecule is COC1OCC(OC(C)=O)C(OC(=O)C(F)(F)F)C1OC(C)=O. The van der Waals surface area contributed by atoms with E-state index in [9.17, 15) is 27.6 Å². The fourth-order valence-corrected chi connectivity index (χ4v) is 1.91. The lowest BCUT2D eigenvalue weighted by Crippen LogP contribution is -2.58. The Morgan fingerprint density at radius 1 is 1.00 bits per heavy atom. The minimum Gasteiger partial charge on any atom is -0.456 e.